The lowest BCUT2D eigenvalue weighted by atomic mass is 9.95. The molecule has 1 aromatic carbocycles. The lowest BCUT2D eigenvalue weighted by Gasteiger charge is -2.27. The predicted octanol–water partition coefficient (Wildman–Crippen LogP) is 5.41. The van der Waals surface area contributed by atoms with Gasteiger partial charge in [-0.25, -0.2) is 0 Å². The number of aromatic nitrogens is 1. The molecule has 1 saturated heterocycles. The highest BCUT2D eigenvalue weighted by molar-refractivity contribution is 7.99. The van der Waals surface area contributed by atoms with Crippen LogP contribution in [0.2, 0.25) is 0 Å². The van der Waals surface area contributed by atoms with Crippen LogP contribution < -0.4 is 5.32 Å². The Bertz CT molecular complexity index is 848. The number of aryl methyl sites for hydroxylation is 1. The van der Waals surface area contributed by atoms with Crippen molar-refractivity contribution in [1.29, 1.82) is 0 Å². The molecule has 4 nitrogen and oxygen atoms in total. The highest BCUT2D eigenvalue weighted by Gasteiger charge is 2.23. The lowest BCUT2D eigenvalue weighted by molar-refractivity contribution is 0.102. The van der Waals surface area contributed by atoms with Crippen LogP contribution in [0.4, 0.5) is 5.69 Å². The topological polar surface area (TPSA) is 37.3 Å². The Balaban J connectivity index is 1.51. The minimum Gasteiger partial charge on any atom is -0.345 e. The predicted molar refractivity (Wildman–Crippen MR) is 123 cm³/mol. The third kappa shape index (κ3) is 4.72. The van der Waals surface area contributed by atoms with Crippen molar-refractivity contribution in [2.45, 2.75) is 58.5 Å². The maximum Gasteiger partial charge on any atom is 0.257 e. The summed E-state index contributed by atoms with van der Waals surface area (Å²) in [5.74, 6) is 2.41. The molecule has 1 aliphatic heterocycles. The molecule has 5 heteroatoms. The highest BCUT2D eigenvalue weighted by atomic mass is 32.2. The quantitative estimate of drug-likeness (QED) is 0.715. The molecule has 2 heterocycles. The van der Waals surface area contributed by atoms with Gasteiger partial charge in [0.1, 0.15) is 0 Å². The minimum absolute atomic E-state index is 0.0156. The van der Waals surface area contributed by atoms with Gasteiger partial charge >= 0.3 is 0 Å². The second-order valence-electron chi connectivity index (χ2n) is 8.45. The number of benzene rings is 1. The van der Waals surface area contributed by atoms with Crippen molar-refractivity contribution >= 4 is 23.4 Å². The second-order valence-corrected chi connectivity index (χ2v) is 9.67. The number of para-hydroxylation sites is 1. The van der Waals surface area contributed by atoms with E-state index in [1.165, 1.54) is 54.9 Å². The second kappa shape index (κ2) is 9.40. The van der Waals surface area contributed by atoms with Crippen molar-refractivity contribution in [3.8, 4) is 0 Å². The first-order chi connectivity index (χ1) is 14.1. The Labute approximate surface area is 179 Å². The molecule has 2 aromatic rings. The average molecular weight is 412 g/mol. The molecule has 1 amide bonds. The Morgan fingerprint density at radius 3 is 2.59 bits per heavy atom. The SMILES string of the molecule is Cc1cc(C(=O)Nc2ccccc2CN2CCSCC2)c(C)n1C1CCCCC1. The van der Waals surface area contributed by atoms with E-state index in [0.717, 1.165) is 36.6 Å². The number of anilines is 1. The van der Waals surface area contributed by atoms with E-state index in [9.17, 15) is 4.79 Å². The summed E-state index contributed by atoms with van der Waals surface area (Å²) in [6.07, 6.45) is 6.40. The van der Waals surface area contributed by atoms with Gasteiger partial charge in [-0.2, -0.15) is 11.8 Å². The van der Waals surface area contributed by atoms with Crippen LogP contribution in [-0.4, -0.2) is 40.0 Å². The fraction of sp³-hybridized carbons (Fsp3) is 0.542. The van der Waals surface area contributed by atoms with Gasteiger partial charge in [0.25, 0.3) is 5.91 Å². The maximum absolute atomic E-state index is 13.2. The summed E-state index contributed by atoms with van der Waals surface area (Å²) in [5, 5.41) is 3.22. The largest absolute Gasteiger partial charge is 0.345 e. The van der Waals surface area contributed by atoms with E-state index in [0.29, 0.717) is 6.04 Å². The molecular weight excluding hydrogens is 378 g/mol. The number of hydrogen-bond donors (Lipinski definition) is 1. The van der Waals surface area contributed by atoms with Gasteiger partial charge in [-0.15, -0.1) is 0 Å². The summed E-state index contributed by atoms with van der Waals surface area (Å²) in [4.78, 5) is 15.7. The Morgan fingerprint density at radius 1 is 1.10 bits per heavy atom. The molecule has 4 rings (SSSR count). The fourth-order valence-electron chi connectivity index (χ4n) is 4.88. The number of carbonyl (C=O) groups is 1. The van der Waals surface area contributed by atoms with Crippen LogP contribution >= 0.6 is 11.8 Å². The molecule has 1 saturated carbocycles. The average Bonchev–Trinajstić information content (AvgIpc) is 3.05. The Hall–Kier alpha value is -1.72. The zero-order valence-corrected chi connectivity index (χ0v) is 18.6. The summed E-state index contributed by atoms with van der Waals surface area (Å²) in [7, 11) is 0. The van der Waals surface area contributed by atoms with E-state index in [1.54, 1.807) is 0 Å². The van der Waals surface area contributed by atoms with Crippen molar-refractivity contribution in [3.05, 3.63) is 52.8 Å². The lowest BCUT2D eigenvalue weighted by Crippen LogP contribution is -2.32. The smallest absolute Gasteiger partial charge is 0.257 e. The van der Waals surface area contributed by atoms with E-state index in [2.05, 4.69) is 46.8 Å². The fourth-order valence-corrected chi connectivity index (χ4v) is 5.86. The van der Waals surface area contributed by atoms with E-state index in [1.807, 2.05) is 23.9 Å². The number of nitrogens with one attached hydrogen (secondary N) is 1. The van der Waals surface area contributed by atoms with Crippen LogP contribution in [0.15, 0.2) is 30.3 Å². The van der Waals surface area contributed by atoms with Gasteiger partial charge in [-0.3, -0.25) is 9.69 Å². The van der Waals surface area contributed by atoms with Gasteiger partial charge in [-0.1, -0.05) is 37.5 Å². The molecule has 2 aliphatic rings. The molecule has 0 radical (unpaired) electrons. The molecule has 0 unspecified atom stereocenters. The van der Waals surface area contributed by atoms with Gasteiger partial charge in [0.05, 0.1) is 5.56 Å². The summed E-state index contributed by atoms with van der Waals surface area (Å²) in [6.45, 7) is 7.39. The Morgan fingerprint density at radius 2 is 1.83 bits per heavy atom. The van der Waals surface area contributed by atoms with Gasteiger partial charge in [0, 0.05) is 54.3 Å². The summed E-state index contributed by atoms with van der Waals surface area (Å²) < 4.78 is 2.41. The van der Waals surface area contributed by atoms with Crippen molar-refractivity contribution in [1.82, 2.24) is 9.47 Å². The van der Waals surface area contributed by atoms with Gasteiger partial charge in [-0.05, 0) is 44.4 Å². The molecule has 0 atom stereocenters. The zero-order chi connectivity index (χ0) is 20.2. The molecule has 156 valence electrons. The number of rotatable bonds is 5. The first-order valence-corrected chi connectivity index (χ1v) is 12.2. The number of carbonyl (C=O) groups excluding carboxylic acids is 1. The molecule has 0 bridgehead atoms. The molecule has 1 aliphatic carbocycles. The number of thioether (sulfide) groups is 1. The molecule has 1 aromatic heterocycles. The molecule has 1 N–H and O–H groups in total. The number of nitrogens with zero attached hydrogens (tertiary/aromatic N) is 2. The van der Waals surface area contributed by atoms with E-state index in [-0.39, 0.29) is 5.91 Å². The van der Waals surface area contributed by atoms with Crippen molar-refractivity contribution < 1.29 is 4.79 Å². The normalized spacial score (nSPS) is 18.7. The van der Waals surface area contributed by atoms with Crippen molar-refractivity contribution in [2.75, 3.05) is 29.9 Å². The minimum atomic E-state index is 0.0156. The maximum atomic E-state index is 13.2. The third-order valence-corrected chi connectivity index (χ3v) is 7.37. The van der Waals surface area contributed by atoms with E-state index >= 15 is 0 Å². The van der Waals surface area contributed by atoms with Crippen LogP contribution in [0.25, 0.3) is 0 Å². The molecule has 2 fully saturated rings. The van der Waals surface area contributed by atoms with E-state index in [4.69, 9.17) is 0 Å². The Kier molecular flexibility index (Phi) is 6.66. The number of hydrogen-bond acceptors (Lipinski definition) is 3. The van der Waals surface area contributed by atoms with E-state index < -0.39 is 0 Å². The van der Waals surface area contributed by atoms with Crippen LogP contribution in [0.5, 0.6) is 0 Å². The third-order valence-electron chi connectivity index (χ3n) is 6.43. The van der Waals surface area contributed by atoms with Crippen molar-refractivity contribution in [3.63, 3.8) is 0 Å². The summed E-state index contributed by atoms with van der Waals surface area (Å²) >= 11 is 2.02. The van der Waals surface area contributed by atoms with Crippen LogP contribution in [0.1, 0.15) is 65.5 Å². The van der Waals surface area contributed by atoms with Crippen LogP contribution in [0, 0.1) is 13.8 Å². The highest BCUT2D eigenvalue weighted by Crippen LogP contribution is 2.32. The zero-order valence-electron chi connectivity index (χ0n) is 17.7. The van der Waals surface area contributed by atoms with Gasteiger partial charge in [0.2, 0.25) is 0 Å². The monoisotopic (exact) mass is 411 g/mol. The van der Waals surface area contributed by atoms with Crippen LogP contribution in [0.3, 0.4) is 0 Å². The summed E-state index contributed by atoms with van der Waals surface area (Å²) in [5.41, 5.74) is 5.28. The van der Waals surface area contributed by atoms with Crippen LogP contribution in [-0.2, 0) is 6.54 Å². The molecule has 29 heavy (non-hydrogen) atoms. The van der Waals surface area contributed by atoms with Gasteiger partial charge < -0.3 is 9.88 Å². The van der Waals surface area contributed by atoms with Crippen molar-refractivity contribution in [2.24, 2.45) is 0 Å². The molecular formula is C24H33N3OS. The first kappa shape index (κ1) is 20.5. The first-order valence-electron chi connectivity index (χ1n) is 11.0. The summed E-state index contributed by atoms with van der Waals surface area (Å²) in [6, 6.07) is 10.9. The number of amides is 1. The standard InChI is InChI=1S/C24H33N3OS/c1-18-16-22(19(2)27(18)21-9-4-3-5-10-21)24(28)25-23-11-7-6-8-20(23)17-26-12-14-29-15-13-26/h6-8,11,16,21H,3-5,9-10,12-15,17H2,1-2H3,(H,25,28). The molecule has 0 spiro atoms. The van der Waals surface area contributed by atoms with Gasteiger partial charge in [0.15, 0.2) is 0 Å².